The van der Waals surface area contributed by atoms with Gasteiger partial charge in [0.25, 0.3) is 0 Å². The lowest BCUT2D eigenvalue weighted by molar-refractivity contribution is -0.00186. The molecule has 0 unspecified atom stereocenters. The van der Waals surface area contributed by atoms with Gasteiger partial charge in [-0.1, -0.05) is 5.16 Å². The molecule has 1 aliphatic heterocycles. The minimum atomic E-state index is -0.449. The van der Waals surface area contributed by atoms with E-state index in [1.807, 2.05) is 39.8 Å². The molecule has 1 aromatic heterocycles. The van der Waals surface area contributed by atoms with Crippen LogP contribution in [0.25, 0.3) is 0 Å². The lowest BCUT2D eigenvalue weighted by Crippen LogP contribution is -2.52. The lowest BCUT2D eigenvalue weighted by atomic mass is 9.97. The summed E-state index contributed by atoms with van der Waals surface area (Å²) >= 11 is 0. The van der Waals surface area contributed by atoms with Crippen LogP contribution in [-0.2, 0) is 17.7 Å². The number of ether oxygens (including phenoxy) is 1. The number of carbonyl (C=O) groups is 1. The average molecular weight is 296 g/mol. The molecule has 0 radical (unpaired) electrons. The van der Waals surface area contributed by atoms with Gasteiger partial charge in [-0.3, -0.25) is 0 Å². The zero-order valence-electron chi connectivity index (χ0n) is 13.4. The molecule has 0 aromatic carbocycles. The fourth-order valence-corrected chi connectivity index (χ4v) is 2.14. The van der Waals surface area contributed by atoms with E-state index in [4.69, 9.17) is 9.26 Å². The monoisotopic (exact) mass is 296 g/mol. The molecule has 1 saturated heterocycles. The van der Waals surface area contributed by atoms with Crippen LogP contribution in [0.15, 0.2) is 4.52 Å². The largest absolute Gasteiger partial charge is 0.444 e. The second kappa shape index (κ2) is 6.01. The van der Waals surface area contributed by atoms with Gasteiger partial charge in [0.2, 0.25) is 5.89 Å². The molecule has 1 fully saturated rings. The van der Waals surface area contributed by atoms with Gasteiger partial charge in [-0.05, 0) is 34.9 Å². The van der Waals surface area contributed by atoms with E-state index in [0.29, 0.717) is 43.7 Å². The van der Waals surface area contributed by atoms with Crippen molar-refractivity contribution < 1.29 is 14.1 Å². The molecule has 2 heterocycles. The third-order valence-electron chi connectivity index (χ3n) is 3.04. The predicted octanol–water partition coefficient (Wildman–Crippen LogP) is 1.54. The summed E-state index contributed by atoms with van der Waals surface area (Å²) in [7, 11) is 3.92. The van der Waals surface area contributed by atoms with Crippen molar-refractivity contribution in [1.29, 1.82) is 0 Å². The van der Waals surface area contributed by atoms with E-state index in [2.05, 4.69) is 10.1 Å². The van der Waals surface area contributed by atoms with Crippen LogP contribution in [-0.4, -0.2) is 58.8 Å². The van der Waals surface area contributed by atoms with Crippen molar-refractivity contribution in [2.24, 2.45) is 5.92 Å². The number of hydrogen-bond acceptors (Lipinski definition) is 6. The summed E-state index contributed by atoms with van der Waals surface area (Å²) in [5.41, 5.74) is -0.449. The zero-order valence-corrected chi connectivity index (χ0v) is 13.4. The standard InChI is InChI=1S/C14H24N4O3/c1-14(2,3)20-13(19)18-7-10(8-18)6-12-15-11(16-21-12)9-17(4)5/h10H,6-9H2,1-5H3. The minimum Gasteiger partial charge on any atom is -0.444 e. The van der Waals surface area contributed by atoms with Gasteiger partial charge in [0.05, 0.1) is 6.54 Å². The highest BCUT2D eigenvalue weighted by Gasteiger charge is 2.34. The van der Waals surface area contributed by atoms with Crippen molar-refractivity contribution in [1.82, 2.24) is 19.9 Å². The lowest BCUT2D eigenvalue weighted by Gasteiger charge is -2.39. The Morgan fingerprint density at radius 1 is 1.43 bits per heavy atom. The van der Waals surface area contributed by atoms with Crippen molar-refractivity contribution in [2.45, 2.75) is 39.3 Å². The number of likely N-dealkylation sites (tertiary alicyclic amines) is 1. The van der Waals surface area contributed by atoms with Crippen LogP contribution < -0.4 is 0 Å². The van der Waals surface area contributed by atoms with Crippen LogP contribution in [0.5, 0.6) is 0 Å². The number of nitrogens with zero attached hydrogens (tertiary/aromatic N) is 4. The Labute approximate surface area is 125 Å². The molecule has 0 spiro atoms. The molecule has 1 amide bonds. The molecular weight excluding hydrogens is 272 g/mol. The summed E-state index contributed by atoms with van der Waals surface area (Å²) in [6.45, 7) is 7.63. The minimum absolute atomic E-state index is 0.252. The molecule has 0 atom stereocenters. The van der Waals surface area contributed by atoms with Gasteiger partial charge in [0.15, 0.2) is 5.82 Å². The molecule has 1 aliphatic rings. The van der Waals surface area contributed by atoms with E-state index in [9.17, 15) is 4.79 Å². The highest BCUT2D eigenvalue weighted by Crippen LogP contribution is 2.22. The maximum Gasteiger partial charge on any atom is 0.410 e. The van der Waals surface area contributed by atoms with Gasteiger partial charge in [-0.15, -0.1) is 0 Å². The molecule has 7 nitrogen and oxygen atoms in total. The summed E-state index contributed by atoms with van der Waals surface area (Å²) in [5, 5.41) is 3.94. The van der Waals surface area contributed by atoms with Crippen molar-refractivity contribution in [2.75, 3.05) is 27.2 Å². The van der Waals surface area contributed by atoms with E-state index in [1.54, 1.807) is 4.90 Å². The first kappa shape index (κ1) is 15.8. The number of amides is 1. The first-order chi connectivity index (χ1) is 9.73. The van der Waals surface area contributed by atoms with E-state index >= 15 is 0 Å². The summed E-state index contributed by atoms with van der Waals surface area (Å²) in [6, 6.07) is 0. The van der Waals surface area contributed by atoms with Crippen molar-refractivity contribution >= 4 is 6.09 Å². The van der Waals surface area contributed by atoms with Gasteiger partial charge in [-0.2, -0.15) is 4.98 Å². The van der Waals surface area contributed by atoms with Gasteiger partial charge in [0, 0.05) is 25.4 Å². The number of aromatic nitrogens is 2. The first-order valence-electron chi connectivity index (χ1n) is 7.17. The molecule has 21 heavy (non-hydrogen) atoms. The van der Waals surface area contributed by atoms with Crippen molar-refractivity contribution in [3.63, 3.8) is 0 Å². The van der Waals surface area contributed by atoms with E-state index < -0.39 is 5.60 Å². The molecule has 0 bridgehead atoms. The second-order valence-electron chi connectivity index (χ2n) is 6.80. The Kier molecular flexibility index (Phi) is 4.51. The summed E-state index contributed by atoms with van der Waals surface area (Å²) < 4.78 is 10.5. The average Bonchev–Trinajstić information content (AvgIpc) is 2.66. The zero-order chi connectivity index (χ0) is 15.6. The SMILES string of the molecule is CN(C)Cc1noc(CC2CN(C(=O)OC(C)(C)C)C2)n1. The maximum absolute atomic E-state index is 11.8. The van der Waals surface area contributed by atoms with Gasteiger partial charge >= 0.3 is 6.09 Å². The van der Waals surface area contributed by atoms with Crippen molar-refractivity contribution in [3.05, 3.63) is 11.7 Å². The second-order valence-corrected chi connectivity index (χ2v) is 6.80. The van der Waals surface area contributed by atoms with E-state index in [-0.39, 0.29) is 6.09 Å². The Morgan fingerprint density at radius 3 is 2.67 bits per heavy atom. The van der Waals surface area contributed by atoms with Crippen LogP contribution in [0.2, 0.25) is 0 Å². The molecular formula is C14H24N4O3. The van der Waals surface area contributed by atoms with Crippen LogP contribution in [0.4, 0.5) is 4.79 Å². The van der Waals surface area contributed by atoms with Crippen LogP contribution in [0, 0.1) is 5.92 Å². The summed E-state index contributed by atoms with van der Waals surface area (Å²) in [5.74, 6) is 1.70. The van der Waals surface area contributed by atoms with Gasteiger partial charge < -0.3 is 19.1 Å². The molecule has 2 rings (SSSR count). The normalized spacial score (nSPS) is 16.2. The fraction of sp³-hybridized carbons (Fsp3) is 0.786. The molecule has 1 aromatic rings. The number of carbonyl (C=O) groups excluding carboxylic acids is 1. The molecule has 118 valence electrons. The molecule has 0 saturated carbocycles. The Balaban J connectivity index is 1.75. The molecule has 0 N–H and O–H groups in total. The third kappa shape index (κ3) is 4.70. The first-order valence-corrected chi connectivity index (χ1v) is 7.17. The quantitative estimate of drug-likeness (QED) is 0.839. The van der Waals surface area contributed by atoms with Crippen molar-refractivity contribution in [3.8, 4) is 0 Å². The Hall–Kier alpha value is -1.63. The van der Waals surface area contributed by atoms with E-state index in [1.165, 1.54) is 0 Å². The fourth-order valence-electron chi connectivity index (χ4n) is 2.14. The predicted molar refractivity (Wildman–Crippen MR) is 76.7 cm³/mol. The van der Waals surface area contributed by atoms with Crippen LogP contribution in [0.1, 0.15) is 32.5 Å². The number of rotatable bonds is 4. The Bertz CT molecular complexity index is 487. The van der Waals surface area contributed by atoms with Crippen LogP contribution in [0.3, 0.4) is 0 Å². The third-order valence-corrected chi connectivity index (χ3v) is 3.04. The van der Waals surface area contributed by atoms with Gasteiger partial charge in [0.1, 0.15) is 5.60 Å². The maximum atomic E-state index is 11.8. The molecule has 7 heteroatoms. The summed E-state index contributed by atoms with van der Waals surface area (Å²) in [4.78, 5) is 19.8. The Morgan fingerprint density at radius 2 is 2.10 bits per heavy atom. The topological polar surface area (TPSA) is 71.7 Å². The highest BCUT2D eigenvalue weighted by molar-refractivity contribution is 5.69. The van der Waals surface area contributed by atoms with Gasteiger partial charge in [-0.25, -0.2) is 4.79 Å². The van der Waals surface area contributed by atoms with E-state index in [0.717, 1.165) is 0 Å². The smallest absolute Gasteiger partial charge is 0.410 e. The molecule has 0 aliphatic carbocycles. The van der Waals surface area contributed by atoms with Crippen LogP contribution >= 0.6 is 0 Å². The highest BCUT2D eigenvalue weighted by atomic mass is 16.6. The summed E-state index contributed by atoms with van der Waals surface area (Å²) in [6.07, 6.45) is 0.456. The number of hydrogen-bond donors (Lipinski definition) is 0.